The van der Waals surface area contributed by atoms with Gasteiger partial charge in [0.1, 0.15) is 5.75 Å². The van der Waals surface area contributed by atoms with Crippen LogP contribution in [0.3, 0.4) is 0 Å². The molecule has 47 heavy (non-hydrogen) atoms. The van der Waals surface area contributed by atoms with Gasteiger partial charge in [0.25, 0.3) is 0 Å². The van der Waals surface area contributed by atoms with Crippen molar-refractivity contribution in [1.29, 1.82) is 0 Å². The van der Waals surface area contributed by atoms with Gasteiger partial charge >= 0.3 is 6.03 Å². The van der Waals surface area contributed by atoms with Gasteiger partial charge in [-0.1, -0.05) is 58.9 Å². The second kappa shape index (κ2) is 13.1. The number of carbonyl (C=O) groups excluding carboxylic acids is 1. The first kappa shape index (κ1) is 33.2. The number of rotatable bonds is 7. The number of halogens is 2. The van der Waals surface area contributed by atoms with Gasteiger partial charge in [-0.15, -0.1) is 0 Å². The summed E-state index contributed by atoms with van der Waals surface area (Å²) in [5.41, 5.74) is 3.02. The minimum absolute atomic E-state index is 0.123. The van der Waals surface area contributed by atoms with Crippen molar-refractivity contribution >= 4 is 28.8 Å². The van der Waals surface area contributed by atoms with E-state index < -0.39 is 23.1 Å². The van der Waals surface area contributed by atoms with Gasteiger partial charge in [-0.25, -0.2) is 13.6 Å². The van der Waals surface area contributed by atoms with Crippen molar-refractivity contribution in [2.75, 3.05) is 54.8 Å². The Labute approximate surface area is 277 Å². The highest BCUT2D eigenvalue weighted by molar-refractivity contribution is 6.02. The predicted molar refractivity (Wildman–Crippen MR) is 186 cm³/mol. The number of phenolic OH excluding ortho intramolecular Hbond substituents is 1. The quantitative estimate of drug-likeness (QED) is 0.240. The zero-order valence-corrected chi connectivity index (χ0v) is 28.4. The van der Waals surface area contributed by atoms with Crippen LogP contribution in [0.25, 0.3) is 0 Å². The fraction of sp³-hybridized carbons (Fsp3) is 0.500. The number of para-hydroxylation sites is 2. The first-order valence-corrected chi connectivity index (χ1v) is 17.1. The number of nitrogens with zero attached hydrogens (tertiary/aromatic N) is 3. The number of aromatic hydroxyl groups is 1. The molecule has 9 heteroatoms. The summed E-state index contributed by atoms with van der Waals surface area (Å²) < 4.78 is 30.5. The monoisotopic (exact) mass is 645 g/mol. The lowest BCUT2D eigenvalue weighted by Crippen LogP contribution is -2.47. The minimum Gasteiger partial charge on any atom is -0.506 e. The highest BCUT2D eigenvalue weighted by atomic mass is 19.2. The number of nitrogens with one attached hydrogen (secondary N) is 2. The first-order chi connectivity index (χ1) is 22.3. The average Bonchev–Trinajstić information content (AvgIpc) is 3.60. The van der Waals surface area contributed by atoms with Gasteiger partial charge in [-0.05, 0) is 86.5 Å². The molecule has 2 saturated heterocycles. The van der Waals surface area contributed by atoms with E-state index in [4.69, 9.17) is 0 Å². The summed E-state index contributed by atoms with van der Waals surface area (Å²) in [6.07, 6.45) is 3.60. The van der Waals surface area contributed by atoms with Crippen molar-refractivity contribution in [3.63, 3.8) is 0 Å². The highest BCUT2D eigenvalue weighted by Crippen LogP contribution is 2.55. The molecule has 3 aromatic carbocycles. The molecular formula is C38H49F2N5O2. The molecule has 2 fully saturated rings. The molecule has 0 aliphatic carbocycles. The van der Waals surface area contributed by atoms with Gasteiger partial charge in [-0.2, -0.15) is 0 Å². The molecule has 0 aromatic heterocycles. The fourth-order valence-electron chi connectivity index (χ4n) is 8.02. The van der Waals surface area contributed by atoms with Crippen LogP contribution in [-0.2, 0) is 5.41 Å². The molecule has 3 heterocycles. The number of anilines is 4. The zero-order valence-electron chi connectivity index (χ0n) is 28.4. The van der Waals surface area contributed by atoms with Crippen molar-refractivity contribution in [3.8, 4) is 5.75 Å². The van der Waals surface area contributed by atoms with Gasteiger partial charge < -0.3 is 25.5 Å². The third-order valence-corrected chi connectivity index (χ3v) is 9.90. The number of amides is 2. The molecule has 1 spiro atoms. The van der Waals surface area contributed by atoms with Crippen LogP contribution >= 0.6 is 0 Å². The number of piperidine rings is 1. The Morgan fingerprint density at radius 1 is 1.02 bits per heavy atom. The maximum absolute atomic E-state index is 15.7. The Morgan fingerprint density at radius 3 is 2.40 bits per heavy atom. The van der Waals surface area contributed by atoms with E-state index in [1.807, 2.05) is 35.2 Å². The van der Waals surface area contributed by atoms with Crippen LogP contribution in [0.5, 0.6) is 5.75 Å². The zero-order chi connectivity index (χ0) is 33.5. The van der Waals surface area contributed by atoms with E-state index in [1.54, 1.807) is 6.07 Å². The van der Waals surface area contributed by atoms with Gasteiger partial charge in [-0.3, -0.25) is 4.90 Å². The fourth-order valence-corrected chi connectivity index (χ4v) is 8.02. The smallest absolute Gasteiger partial charge is 0.323 e. The molecule has 0 bridgehead atoms. The van der Waals surface area contributed by atoms with Crippen LogP contribution in [0.4, 0.5) is 36.3 Å². The molecule has 6 rings (SSSR count). The Bertz CT molecular complexity index is 1590. The van der Waals surface area contributed by atoms with Crippen LogP contribution in [0.1, 0.15) is 77.5 Å². The van der Waals surface area contributed by atoms with Crippen LogP contribution < -0.4 is 15.5 Å². The SMILES string of the molecule is CC(C)CN1CCCC1c1ccc(NC(=O)Nc2ccccc2N2CC3(CCN(CC(C)(C)C)CC3)c3c(F)c(F)cc(O)c32)cc1. The van der Waals surface area contributed by atoms with E-state index in [0.29, 0.717) is 48.4 Å². The number of hydrogen-bond acceptors (Lipinski definition) is 5. The summed E-state index contributed by atoms with van der Waals surface area (Å²) in [7, 11) is 0. The molecule has 0 saturated carbocycles. The molecule has 1 unspecified atom stereocenters. The number of hydrogen-bond donors (Lipinski definition) is 3. The van der Waals surface area contributed by atoms with Crippen LogP contribution in [0, 0.1) is 23.0 Å². The molecule has 2 amide bonds. The van der Waals surface area contributed by atoms with Crippen LogP contribution in [0.15, 0.2) is 54.6 Å². The lowest BCUT2D eigenvalue weighted by Gasteiger charge is -2.42. The van der Waals surface area contributed by atoms with Crippen molar-refractivity contribution < 1.29 is 18.7 Å². The Morgan fingerprint density at radius 2 is 1.72 bits per heavy atom. The number of likely N-dealkylation sites (tertiary alicyclic amines) is 2. The molecule has 3 aliphatic rings. The second-order valence-electron chi connectivity index (χ2n) is 15.4. The summed E-state index contributed by atoms with van der Waals surface area (Å²) in [4.78, 5) is 20.1. The van der Waals surface area contributed by atoms with Crippen molar-refractivity contribution in [2.45, 2.75) is 71.8 Å². The van der Waals surface area contributed by atoms with E-state index in [2.05, 4.69) is 67.2 Å². The van der Waals surface area contributed by atoms with E-state index in [0.717, 1.165) is 45.2 Å². The number of phenols is 1. The molecule has 252 valence electrons. The van der Waals surface area contributed by atoms with E-state index >= 15 is 4.39 Å². The molecular weight excluding hydrogens is 596 g/mol. The molecule has 1 atom stereocenters. The third kappa shape index (κ3) is 6.97. The van der Waals surface area contributed by atoms with Gasteiger partial charge in [0.2, 0.25) is 0 Å². The van der Waals surface area contributed by atoms with Gasteiger partial charge in [0, 0.05) is 48.4 Å². The van der Waals surface area contributed by atoms with Crippen LogP contribution in [-0.4, -0.2) is 60.2 Å². The first-order valence-electron chi connectivity index (χ1n) is 17.1. The normalized spacial score (nSPS) is 19.8. The summed E-state index contributed by atoms with van der Waals surface area (Å²) in [5.74, 6) is -1.64. The van der Waals surface area contributed by atoms with Crippen molar-refractivity contribution in [2.24, 2.45) is 11.3 Å². The van der Waals surface area contributed by atoms with Gasteiger partial charge in [0.05, 0.1) is 17.1 Å². The average molecular weight is 646 g/mol. The molecule has 7 nitrogen and oxygen atoms in total. The standard InChI is InChI=1S/C38H49F2N5O2/c1-25(2)22-44-18-8-11-30(44)26-12-14-27(15-13-26)41-36(47)42-29-9-6-7-10-31(29)45-24-38(16-19-43(20-17-38)23-37(3,4)5)33-34(40)28(39)21-32(46)35(33)45/h6-7,9-10,12-15,21,25,30,46H,8,11,16-20,22-24H2,1-5H3,(H2,41,42,47). The number of carbonyl (C=O) groups is 1. The molecule has 3 aromatic rings. The van der Waals surface area contributed by atoms with Crippen molar-refractivity contribution in [3.05, 3.63) is 77.4 Å². The second-order valence-corrected chi connectivity index (χ2v) is 15.4. The molecule has 0 radical (unpaired) electrons. The third-order valence-electron chi connectivity index (χ3n) is 9.90. The lowest BCUT2D eigenvalue weighted by atomic mass is 9.73. The largest absolute Gasteiger partial charge is 0.506 e. The molecule has 3 aliphatic heterocycles. The number of fused-ring (bicyclic) bond motifs is 2. The summed E-state index contributed by atoms with van der Waals surface area (Å²) in [6, 6.07) is 16.2. The Kier molecular flexibility index (Phi) is 9.24. The van der Waals surface area contributed by atoms with E-state index in [9.17, 15) is 14.3 Å². The van der Waals surface area contributed by atoms with Crippen molar-refractivity contribution in [1.82, 2.24) is 9.80 Å². The van der Waals surface area contributed by atoms with Crippen LogP contribution in [0.2, 0.25) is 0 Å². The minimum atomic E-state index is -1.04. The van der Waals surface area contributed by atoms with E-state index in [1.165, 1.54) is 12.0 Å². The summed E-state index contributed by atoms with van der Waals surface area (Å²) >= 11 is 0. The number of urea groups is 1. The van der Waals surface area contributed by atoms with Gasteiger partial charge in [0.15, 0.2) is 11.6 Å². The Hall–Kier alpha value is -3.69. The highest BCUT2D eigenvalue weighted by Gasteiger charge is 2.49. The maximum Gasteiger partial charge on any atom is 0.323 e. The van der Waals surface area contributed by atoms with E-state index in [-0.39, 0.29) is 22.4 Å². The number of benzene rings is 3. The lowest BCUT2D eigenvalue weighted by molar-refractivity contribution is 0.124. The summed E-state index contributed by atoms with van der Waals surface area (Å²) in [6.45, 7) is 16.1. The molecule has 3 N–H and O–H groups in total. The topological polar surface area (TPSA) is 71.1 Å². The Balaban J connectivity index is 1.21. The predicted octanol–water partition coefficient (Wildman–Crippen LogP) is 8.64. The summed E-state index contributed by atoms with van der Waals surface area (Å²) in [5, 5.41) is 17.0. The maximum atomic E-state index is 15.7.